The molecule has 0 aliphatic carbocycles. The van der Waals surface area contributed by atoms with E-state index in [0.717, 1.165) is 5.56 Å². The zero-order valence-electron chi connectivity index (χ0n) is 15.1. The number of thiocarbonyl (C=S) groups is 1. The highest BCUT2D eigenvalue weighted by molar-refractivity contribution is 7.80. The van der Waals surface area contributed by atoms with E-state index in [1.165, 1.54) is 6.07 Å². The van der Waals surface area contributed by atoms with Crippen molar-refractivity contribution in [2.75, 3.05) is 13.2 Å². The molecule has 5 nitrogen and oxygen atoms in total. The average molecular weight is 387 g/mol. The Morgan fingerprint density at radius 1 is 1.22 bits per heavy atom. The number of hydrogen-bond acceptors (Lipinski definition) is 4. The van der Waals surface area contributed by atoms with Crippen molar-refractivity contribution in [3.63, 3.8) is 0 Å². The van der Waals surface area contributed by atoms with Crippen molar-refractivity contribution in [1.29, 1.82) is 0 Å². The number of ether oxygens (including phenoxy) is 2. The van der Waals surface area contributed by atoms with Gasteiger partial charge in [0.15, 0.2) is 16.6 Å². The summed E-state index contributed by atoms with van der Waals surface area (Å²) in [4.78, 5) is 0. The highest BCUT2D eigenvalue weighted by atomic mass is 32.1. The maximum atomic E-state index is 13.7. The summed E-state index contributed by atoms with van der Waals surface area (Å²) in [5.74, 6) is 0.796. The molecule has 2 rings (SSSR count). The molecule has 0 aliphatic heterocycles. The van der Waals surface area contributed by atoms with Crippen molar-refractivity contribution in [1.82, 2.24) is 10.7 Å². The van der Waals surface area contributed by atoms with Gasteiger partial charge in [-0.3, -0.25) is 5.43 Å². The summed E-state index contributed by atoms with van der Waals surface area (Å²) in [6.45, 7) is 6.63. The third-order valence-corrected chi connectivity index (χ3v) is 3.63. The van der Waals surface area contributed by atoms with Crippen LogP contribution < -0.4 is 20.2 Å². The van der Waals surface area contributed by atoms with E-state index >= 15 is 0 Å². The molecule has 0 aromatic heterocycles. The van der Waals surface area contributed by atoms with Crippen molar-refractivity contribution >= 4 is 23.5 Å². The van der Waals surface area contributed by atoms with Crippen LogP contribution in [0.1, 0.15) is 18.1 Å². The van der Waals surface area contributed by atoms with Gasteiger partial charge in [0.05, 0.1) is 12.8 Å². The molecule has 7 heteroatoms. The molecule has 0 saturated heterocycles. The molecule has 0 amide bonds. The van der Waals surface area contributed by atoms with Crippen LogP contribution >= 0.6 is 12.2 Å². The molecule has 0 radical (unpaired) electrons. The fourth-order valence-corrected chi connectivity index (χ4v) is 2.27. The molecule has 0 saturated carbocycles. The van der Waals surface area contributed by atoms with Crippen molar-refractivity contribution in [3.8, 4) is 11.5 Å². The lowest BCUT2D eigenvalue weighted by Crippen LogP contribution is -2.31. The van der Waals surface area contributed by atoms with E-state index in [1.54, 1.807) is 42.6 Å². The van der Waals surface area contributed by atoms with Gasteiger partial charge in [-0.1, -0.05) is 24.3 Å². The Balaban J connectivity index is 2.03. The van der Waals surface area contributed by atoms with Gasteiger partial charge >= 0.3 is 0 Å². The van der Waals surface area contributed by atoms with Crippen LogP contribution in [0.2, 0.25) is 0 Å². The van der Waals surface area contributed by atoms with Gasteiger partial charge in [-0.2, -0.15) is 5.10 Å². The Morgan fingerprint density at radius 2 is 2.04 bits per heavy atom. The number of nitrogens with one attached hydrogen (secondary N) is 2. The Hall–Kier alpha value is -2.93. The van der Waals surface area contributed by atoms with E-state index in [0.29, 0.717) is 35.3 Å². The zero-order valence-corrected chi connectivity index (χ0v) is 15.9. The van der Waals surface area contributed by atoms with Crippen LogP contribution in [0.25, 0.3) is 0 Å². The molecule has 2 N–H and O–H groups in total. The first-order valence-electron chi connectivity index (χ1n) is 8.45. The molecule has 27 heavy (non-hydrogen) atoms. The molecule has 0 unspecified atom stereocenters. The van der Waals surface area contributed by atoms with Crippen molar-refractivity contribution in [2.45, 2.75) is 13.5 Å². The number of hydrazone groups is 1. The summed E-state index contributed by atoms with van der Waals surface area (Å²) >= 11 is 5.06. The van der Waals surface area contributed by atoms with Gasteiger partial charge in [0.25, 0.3) is 0 Å². The molecule has 0 bridgehead atoms. The first kappa shape index (κ1) is 20.4. The molecule has 0 fully saturated rings. The highest BCUT2D eigenvalue weighted by Gasteiger charge is 2.08. The quantitative estimate of drug-likeness (QED) is 0.297. The zero-order chi connectivity index (χ0) is 19.5. The van der Waals surface area contributed by atoms with E-state index in [1.807, 2.05) is 13.0 Å². The molecule has 2 aromatic carbocycles. The van der Waals surface area contributed by atoms with E-state index in [4.69, 9.17) is 21.7 Å². The van der Waals surface area contributed by atoms with Crippen molar-refractivity contribution in [2.24, 2.45) is 5.10 Å². The van der Waals surface area contributed by atoms with Crippen molar-refractivity contribution in [3.05, 3.63) is 72.1 Å². The normalized spacial score (nSPS) is 10.4. The third kappa shape index (κ3) is 6.71. The predicted octanol–water partition coefficient (Wildman–Crippen LogP) is 3.79. The fourth-order valence-electron chi connectivity index (χ4n) is 2.13. The van der Waals surface area contributed by atoms with Crippen LogP contribution in [-0.2, 0) is 6.61 Å². The largest absolute Gasteiger partial charge is 0.490 e. The van der Waals surface area contributed by atoms with Crippen molar-refractivity contribution < 1.29 is 13.9 Å². The third-order valence-electron chi connectivity index (χ3n) is 3.40. The molecule has 0 heterocycles. The van der Waals surface area contributed by atoms with Crippen LogP contribution in [0.15, 0.2) is 60.2 Å². The molecule has 2 aromatic rings. The minimum absolute atomic E-state index is 0.116. The van der Waals surface area contributed by atoms with Gasteiger partial charge in [0.1, 0.15) is 12.4 Å². The Labute approximate surface area is 163 Å². The van der Waals surface area contributed by atoms with Crippen LogP contribution in [0.3, 0.4) is 0 Å². The maximum Gasteiger partial charge on any atom is 0.187 e. The summed E-state index contributed by atoms with van der Waals surface area (Å²) in [6, 6.07) is 11.9. The molecule has 0 spiro atoms. The minimum atomic E-state index is -0.300. The van der Waals surface area contributed by atoms with Gasteiger partial charge < -0.3 is 14.8 Å². The van der Waals surface area contributed by atoms with Crippen LogP contribution in [0.5, 0.6) is 11.5 Å². The fraction of sp³-hybridized carbons (Fsp3) is 0.200. The maximum absolute atomic E-state index is 13.7. The van der Waals surface area contributed by atoms with E-state index < -0.39 is 0 Å². The molecular formula is C20H22FN3O2S. The van der Waals surface area contributed by atoms with Gasteiger partial charge in [0, 0.05) is 12.1 Å². The van der Waals surface area contributed by atoms with Gasteiger partial charge in [0.2, 0.25) is 0 Å². The molecule has 0 aliphatic rings. The van der Waals surface area contributed by atoms with Gasteiger partial charge in [-0.15, -0.1) is 6.58 Å². The summed E-state index contributed by atoms with van der Waals surface area (Å²) in [5.41, 5.74) is 4.00. The molecule has 0 atom stereocenters. The standard InChI is InChI=1S/C20H22FN3O2S/c1-3-11-22-20(27)24-23-13-15-9-10-18(19(12-15)25-4-2)26-14-16-7-5-6-8-17(16)21/h3,5-10,12-13H,1,4,11,14H2,2H3,(H2,22,24,27)/b23-13+. The highest BCUT2D eigenvalue weighted by Crippen LogP contribution is 2.29. The number of halogens is 1. The van der Waals surface area contributed by atoms with E-state index in [-0.39, 0.29) is 12.4 Å². The predicted molar refractivity (Wildman–Crippen MR) is 110 cm³/mol. The SMILES string of the molecule is C=CCNC(=S)N/N=C/c1ccc(OCc2ccccc2F)c(OCC)c1. The summed E-state index contributed by atoms with van der Waals surface area (Å²) < 4.78 is 25.1. The number of hydrogen-bond donors (Lipinski definition) is 2. The topological polar surface area (TPSA) is 54.9 Å². The van der Waals surface area contributed by atoms with Crippen LogP contribution in [-0.4, -0.2) is 24.5 Å². The first-order chi connectivity index (χ1) is 13.1. The van der Waals surface area contributed by atoms with E-state index in [9.17, 15) is 4.39 Å². The average Bonchev–Trinajstić information content (AvgIpc) is 2.67. The Kier molecular flexibility index (Phi) is 8.25. The Bertz CT molecular complexity index is 812. The summed E-state index contributed by atoms with van der Waals surface area (Å²) in [7, 11) is 0. The Morgan fingerprint density at radius 3 is 2.78 bits per heavy atom. The van der Waals surface area contributed by atoms with Crippen LogP contribution in [0, 0.1) is 5.82 Å². The van der Waals surface area contributed by atoms with Crippen LogP contribution in [0.4, 0.5) is 4.39 Å². The second-order valence-corrected chi connectivity index (χ2v) is 5.80. The number of rotatable bonds is 9. The number of benzene rings is 2. The smallest absolute Gasteiger partial charge is 0.187 e. The minimum Gasteiger partial charge on any atom is -0.490 e. The molecular weight excluding hydrogens is 365 g/mol. The lowest BCUT2D eigenvalue weighted by molar-refractivity contribution is 0.266. The lowest BCUT2D eigenvalue weighted by Gasteiger charge is -2.13. The van der Waals surface area contributed by atoms with Gasteiger partial charge in [-0.05, 0) is 49.0 Å². The second kappa shape index (κ2) is 10.9. The first-order valence-corrected chi connectivity index (χ1v) is 8.85. The lowest BCUT2D eigenvalue weighted by atomic mass is 10.2. The van der Waals surface area contributed by atoms with Gasteiger partial charge in [-0.25, -0.2) is 4.39 Å². The summed E-state index contributed by atoms with van der Waals surface area (Å²) in [6.07, 6.45) is 3.32. The number of nitrogens with zero attached hydrogens (tertiary/aromatic N) is 1. The van der Waals surface area contributed by atoms with E-state index in [2.05, 4.69) is 22.4 Å². The molecule has 142 valence electrons. The second-order valence-electron chi connectivity index (χ2n) is 5.39. The monoisotopic (exact) mass is 387 g/mol. The summed E-state index contributed by atoms with van der Waals surface area (Å²) in [5, 5.41) is 7.38.